The second kappa shape index (κ2) is 10.5. The second-order valence-electron chi connectivity index (χ2n) is 5.34. The van der Waals surface area contributed by atoms with E-state index in [-0.39, 0.29) is 0 Å². The van der Waals surface area contributed by atoms with Crippen LogP contribution < -0.4 is 0 Å². The lowest BCUT2D eigenvalue weighted by Gasteiger charge is -2.03. The molecule has 122 valence electrons. The number of rotatable bonds is 9. The summed E-state index contributed by atoms with van der Waals surface area (Å²) in [5, 5.41) is 3.91. The Bertz CT molecular complexity index is 623. The third kappa shape index (κ3) is 6.38. The number of ether oxygens (including phenoxy) is 1. The van der Waals surface area contributed by atoms with E-state index >= 15 is 0 Å². The van der Waals surface area contributed by atoms with Crippen molar-refractivity contribution in [1.29, 1.82) is 0 Å². The summed E-state index contributed by atoms with van der Waals surface area (Å²) in [4.78, 5) is 1.32. The van der Waals surface area contributed by atoms with Crippen LogP contribution in [0.1, 0.15) is 41.3 Å². The van der Waals surface area contributed by atoms with E-state index in [9.17, 15) is 0 Å². The smallest absolute Gasteiger partial charge is 0.0506 e. The highest BCUT2D eigenvalue weighted by molar-refractivity contribution is 7.83. The summed E-state index contributed by atoms with van der Waals surface area (Å²) in [7, 11) is 0. The van der Waals surface area contributed by atoms with Crippen LogP contribution in [0.2, 0.25) is 0 Å². The Morgan fingerprint density at radius 3 is 2.43 bits per heavy atom. The fourth-order valence-electron chi connectivity index (χ4n) is 2.21. The molecule has 0 saturated heterocycles. The molecule has 23 heavy (non-hydrogen) atoms. The standard InChI is InChI=1S/C20H24OS2/c1-2-3-13-21-14-10-19-12-16-23-20(19)9-8-17-4-6-18(7-5-17)11-15-22/h4-9,11-12,15-16,22H,2-3,10,13-14H2,1H3/b9-8+,15-11+. The zero-order valence-corrected chi connectivity index (χ0v) is 15.3. The van der Waals surface area contributed by atoms with E-state index in [0.717, 1.165) is 31.6 Å². The summed E-state index contributed by atoms with van der Waals surface area (Å²) in [6, 6.07) is 10.7. The Kier molecular flexibility index (Phi) is 8.23. The van der Waals surface area contributed by atoms with Crippen molar-refractivity contribution >= 4 is 42.2 Å². The van der Waals surface area contributed by atoms with Gasteiger partial charge in [-0.05, 0) is 58.5 Å². The summed E-state index contributed by atoms with van der Waals surface area (Å²) in [5.41, 5.74) is 3.75. The van der Waals surface area contributed by atoms with Crippen molar-refractivity contribution < 1.29 is 4.74 Å². The minimum absolute atomic E-state index is 0.808. The van der Waals surface area contributed by atoms with E-state index in [1.807, 2.05) is 6.08 Å². The van der Waals surface area contributed by atoms with Gasteiger partial charge in [0.05, 0.1) is 6.61 Å². The number of thiophene rings is 1. The van der Waals surface area contributed by atoms with Crippen molar-refractivity contribution in [2.24, 2.45) is 0 Å². The van der Waals surface area contributed by atoms with E-state index in [4.69, 9.17) is 4.74 Å². The predicted molar refractivity (Wildman–Crippen MR) is 107 cm³/mol. The molecule has 0 atom stereocenters. The van der Waals surface area contributed by atoms with E-state index in [1.165, 1.54) is 22.4 Å². The summed E-state index contributed by atoms with van der Waals surface area (Å²) in [6.07, 6.45) is 9.67. The van der Waals surface area contributed by atoms with E-state index in [0.29, 0.717) is 0 Å². The molecule has 1 aromatic heterocycles. The average molecular weight is 345 g/mol. The Balaban J connectivity index is 1.91. The third-order valence-electron chi connectivity index (χ3n) is 3.57. The molecule has 0 amide bonds. The molecule has 0 fully saturated rings. The van der Waals surface area contributed by atoms with Gasteiger partial charge in [-0.15, -0.1) is 11.3 Å². The minimum atomic E-state index is 0.808. The Hall–Kier alpha value is -1.29. The molecule has 3 heteroatoms. The van der Waals surface area contributed by atoms with Crippen molar-refractivity contribution in [2.75, 3.05) is 13.2 Å². The van der Waals surface area contributed by atoms with E-state index in [1.54, 1.807) is 16.7 Å². The van der Waals surface area contributed by atoms with Crippen LogP contribution >= 0.6 is 24.0 Å². The molecule has 2 aromatic rings. The molecule has 1 aromatic carbocycles. The molecule has 0 aliphatic rings. The Morgan fingerprint density at radius 2 is 1.74 bits per heavy atom. The fourth-order valence-corrected chi connectivity index (χ4v) is 3.23. The summed E-state index contributed by atoms with van der Waals surface area (Å²) in [6.45, 7) is 3.87. The molecular weight excluding hydrogens is 320 g/mol. The van der Waals surface area contributed by atoms with Crippen molar-refractivity contribution in [2.45, 2.75) is 26.2 Å². The minimum Gasteiger partial charge on any atom is -0.381 e. The van der Waals surface area contributed by atoms with Crippen molar-refractivity contribution in [3.63, 3.8) is 0 Å². The maximum Gasteiger partial charge on any atom is 0.0506 e. The van der Waals surface area contributed by atoms with Gasteiger partial charge in [-0.25, -0.2) is 0 Å². The maximum atomic E-state index is 5.67. The lowest BCUT2D eigenvalue weighted by Crippen LogP contribution is -2.00. The van der Waals surface area contributed by atoms with Gasteiger partial charge < -0.3 is 4.74 Å². The quantitative estimate of drug-likeness (QED) is 0.422. The monoisotopic (exact) mass is 344 g/mol. The highest BCUT2D eigenvalue weighted by Gasteiger charge is 2.01. The zero-order valence-electron chi connectivity index (χ0n) is 13.6. The lowest BCUT2D eigenvalue weighted by atomic mass is 10.1. The molecule has 2 rings (SSSR count). The van der Waals surface area contributed by atoms with Gasteiger partial charge in [0.15, 0.2) is 0 Å². The highest BCUT2D eigenvalue weighted by Crippen LogP contribution is 2.21. The molecule has 0 unspecified atom stereocenters. The first-order valence-electron chi connectivity index (χ1n) is 8.06. The van der Waals surface area contributed by atoms with Crippen molar-refractivity contribution in [3.8, 4) is 0 Å². The van der Waals surface area contributed by atoms with Gasteiger partial charge in [-0.1, -0.05) is 43.7 Å². The van der Waals surface area contributed by atoms with Gasteiger partial charge in [0.2, 0.25) is 0 Å². The van der Waals surface area contributed by atoms with Crippen LogP contribution in [0.4, 0.5) is 0 Å². The lowest BCUT2D eigenvalue weighted by molar-refractivity contribution is 0.134. The topological polar surface area (TPSA) is 9.23 Å². The van der Waals surface area contributed by atoms with Crippen molar-refractivity contribution in [1.82, 2.24) is 0 Å². The Labute approximate surface area is 149 Å². The first kappa shape index (κ1) is 18.1. The van der Waals surface area contributed by atoms with Crippen LogP contribution in [0.3, 0.4) is 0 Å². The molecule has 0 saturated carbocycles. The first-order valence-corrected chi connectivity index (χ1v) is 9.46. The van der Waals surface area contributed by atoms with Gasteiger partial charge >= 0.3 is 0 Å². The van der Waals surface area contributed by atoms with Crippen molar-refractivity contribution in [3.05, 3.63) is 62.7 Å². The zero-order chi connectivity index (χ0) is 16.3. The largest absolute Gasteiger partial charge is 0.381 e. The van der Waals surface area contributed by atoms with Crippen LogP contribution in [0.5, 0.6) is 0 Å². The van der Waals surface area contributed by atoms with Gasteiger partial charge in [0, 0.05) is 11.5 Å². The fraction of sp³-hybridized carbons (Fsp3) is 0.300. The van der Waals surface area contributed by atoms with E-state index < -0.39 is 0 Å². The normalized spacial score (nSPS) is 11.7. The molecule has 0 aliphatic carbocycles. The van der Waals surface area contributed by atoms with Gasteiger partial charge in [0.25, 0.3) is 0 Å². The Morgan fingerprint density at radius 1 is 1.00 bits per heavy atom. The van der Waals surface area contributed by atoms with E-state index in [2.05, 4.69) is 67.4 Å². The molecule has 0 radical (unpaired) electrons. The molecular formula is C20H24OS2. The summed E-state index contributed by atoms with van der Waals surface area (Å²) < 4.78 is 5.67. The maximum absolute atomic E-state index is 5.67. The molecule has 0 spiro atoms. The number of unbranched alkanes of at least 4 members (excludes halogenated alkanes) is 1. The molecule has 0 N–H and O–H groups in total. The molecule has 0 aliphatic heterocycles. The number of hydrogen-bond acceptors (Lipinski definition) is 3. The number of hydrogen-bond donors (Lipinski definition) is 1. The van der Waals surface area contributed by atoms with Crippen LogP contribution in [0, 0.1) is 0 Å². The van der Waals surface area contributed by atoms with Gasteiger partial charge in [-0.3, -0.25) is 0 Å². The highest BCUT2D eigenvalue weighted by atomic mass is 32.1. The third-order valence-corrected chi connectivity index (χ3v) is 4.64. The van der Waals surface area contributed by atoms with Crippen LogP contribution in [0.15, 0.2) is 41.1 Å². The summed E-state index contributed by atoms with van der Waals surface area (Å²) in [5.74, 6) is 0. The van der Waals surface area contributed by atoms with Crippen LogP contribution in [-0.4, -0.2) is 13.2 Å². The SMILES string of the molecule is CCCCOCCc1ccsc1/C=C/c1ccc(/C=C/S)cc1. The second-order valence-corrected chi connectivity index (χ2v) is 6.59. The van der Waals surface area contributed by atoms with Gasteiger partial charge in [0.1, 0.15) is 0 Å². The number of thiol groups is 1. The van der Waals surface area contributed by atoms with Crippen LogP contribution in [-0.2, 0) is 11.2 Å². The van der Waals surface area contributed by atoms with Crippen LogP contribution in [0.25, 0.3) is 18.2 Å². The predicted octanol–water partition coefficient (Wildman–Crippen LogP) is 6.18. The van der Waals surface area contributed by atoms with Gasteiger partial charge in [-0.2, -0.15) is 12.6 Å². The average Bonchev–Trinajstić information content (AvgIpc) is 3.02. The first-order chi connectivity index (χ1) is 11.3. The summed E-state index contributed by atoms with van der Waals surface area (Å²) >= 11 is 5.88. The molecule has 0 bridgehead atoms. The number of benzene rings is 1. The molecule has 1 heterocycles. The molecule has 1 nitrogen and oxygen atoms in total.